The normalized spacial score (nSPS) is 23.4. The minimum absolute atomic E-state index is 0.132. The van der Waals surface area contributed by atoms with Crippen molar-refractivity contribution < 1.29 is 9.53 Å². The van der Waals surface area contributed by atoms with Crippen LogP contribution in [0.1, 0.15) is 26.2 Å². The third-order valence-corrected chi connectivity index (χ3v) is 2.66. The summed E-state index contributed by atoms with van der Waals surface area (Å²) in [5.74, 6) is -0.132. The lowest BCUT2D eigenvalue weighted by molar-refractivity contribution is -0.145. The van der Waals surface area contributed by atoms with Crippen LogP contribution >= 0.6 is 0 Å². The van der Waals surface area contributed by atoms with Crippen LogP contribution in [0.3, 0.4) is 0 Å². The van der Waals surface area contributed by atoms with Crippen LogP contribution in [0.15, 0.2) is 0 Å². The highest BCUT2D eigenvalue weighted by atomic mass is 16.5. The number of nitrogens with zero attached hydrogens (tertiary/aromatic N) is 1. The minimum Gasteiger partial charge on any atom is -0.465 e. The third kappa shape index (κ3) is 3.27. The first kappa shape index (κ1) is 11.5. The summed E-state index contributed by atoms with van der Waals surface area (Å²) >= 11 is 0. The standard InChI is InChI=1S/C10H20N2O2/c1-2-14-10(13)8-12-6-4-3-5-9(12)7-11/h9H,2-8,11H2,1H3. The molecule has 82 valence electrons. The highest BCUT2D eigenvalue weighted by Crippen LogP contribution is 2.15. The van der Waals surface area contributed by atoms with Crippen LogP contribution in [0.2, 0.25) is 0 Å². The van der Waals surface area contributed by atoms with Crippen LogP contribution in [0.4, 0.5) is 0 Å². The van der Waals surface area contributed by atoms with Crippen molar-refractivity contribution >= 4 is 5.97 Å². The van der Waals surface area contributed by atoms with Crippen LogP contribution < -0.4 is 5.73 Å². The molecule has 0 aromatic rings. The van der Waals surface area contributed by atoms with Crippen molar-refractivity contribution in [2.45, 2.75) is 32.2 Å². The van der Waals surface area contributed by atoms with Crippen molar-refractivity contribution in [1.29, 1.82) is 0 Å². The van der Waals surface area contributed by atoms with E-state index in [1.54, 1.807) is 0 Å². The van der Waals surface area contributed by atoms with Crippen molar-refractivity contribution in [2.24, 2.45) is 5.73 Å². The Morgan fingerprint density at radius 1 is 1.57 bits per heavy atom. The van der Waals surface area contributed by atoms with Gasteiger partial charge in [-0.1, -0.05) is 6.42 Å². The van der Waals surface area contributed by atoms with Gasteiger partial charge in [-0.2, -0.15) is 0 Å². The van der Waals surface area contributed by atoms with Gasteiger partial charge in [0.2, 0.25) is 0 Å². The topological polar surface area (TPSA) is 55.6 Å². The van der Waals surface area contributed by atoms with Gasteiger partial charge in [0.15, 0.2) is 0 Å². The van der Waals surface area contributed by atoms with Crippen LogP contribution in [-0.2, 0) is 9.53 Å². The van der Waals surface area contributed by atoms with Gasteiger partial charge in [0.25, 0.3) is 0 Å². The van der Waals surface area contributed by atoms with Crippen molar-refractivity contribution in [3.05, 3.63) is 0 Å². The smallest absolute Gasteiger partial charge is 0.320 e. The van der Waals surface area contributed by atoms with E-state index in [-0.39, 0.29) is 5.97 Å². The molecular weight excluding hydrogens is 180 g/mol. The Kier molecular flexibility index (Phi) is 4.90. The molecule has 1 saturated heterocycles. The fraction of sp³-hybridized carbons (Fsp3) is 0.900. The van der Waals surface area contributed by atoms with E-state index >= 15 is 0 Å². The summed E-state index contributed by atoms with van der Waals surface area (Å²) in [6.45, 7) is 4.30. The fourth-order valence-electron chi connectivity index (χ4n) is 1.91. The first-order chi connectivity index (χ1) is 6.77. The largest absolute Gasteiger partial charge is 0.465 e. The molecule has 0 aromatic carbocycles. The van der Waals surface area contributed by atoms with Crippen LogP contribution in [0.5, 0.6) is 0 Å². The van der Waals surface area contributed by atoms with Crippen molar-refractivity contribution in [2.75, 3.05) is 26.2 Å². The number of hydrogen-bond acceptors (Lipinski definition) is 4. The molecule has 1 heterocycles. The van der Waals surface area contributed by atoms with Gasteiger partial charge in [-0.3, -0.25) is 9.69 Å². The average molecular weight is 200 g/mol. The molecule has 1 fully saturated rings. The molecule has 1 aliphatic heterocycles. The fourth-order valence-corrected chi connectivity index (χ4v) is 1.91. The van der Waals surface area contributed by atoms with Crippen molar-refractivity contribution in [1.82, 2.24) is 4.90 Å². The van der Waals surface area contributed by atoms with Gasteiger partial charge >= 0.3 is 5.97 Å². The number of carbonyl (C=O) groups excluding carboxylic acids is 1. The van der Waals surface area contributed by atoms with E-state index in [2.05, 4.69) is 4.90 Å². The van der Waals surface area contributed by atoms with Gasteiger partial charge in [-0.15, -0.1) is 0 Å². The summed E-state index contributed by atoms with van der Waals surface area (Å²) in [5, 5.41) is 0. The average Bonchev–Trinajstić information content (AvgIpc) is 2.19. The highest BCUT2D eigenvalue weighted by Gasteiger charge is 2.23. The number of likely N-dealkylation sites (tertiary alicyclic amines) is 1. The molecule has 1 unspecified atom stereocenters. The number of carbonyl (C=O) groups is 1. The van der Waals surface area contributed by atoms with E-state index in [1.165, 1.54) is 6.42 Å². The summed E-state index contributed by atoms with van der Waals surface area (Å²) in [6.07, 6.45) is 3.49. The Morgan fingerprint density at radius 2 is 2.36 bits per heavy atom. The van der Waals surface area contributed by atoms with E-state index in [1.807, 2.05) is 6.92 Å². The zero-order valence-electron chi connectivity index (χ0n) is 8.87. The lowest BCUT2D eigenvalue weighted by atomic mass is 10.0. The molecular formula is C10H20N2O2. The Balaban J connectivity index is 2.36. The molecule has 4 heteroatoms. The molecule has 1 atom stereocenters. The SMILES string of the molecule is CCOC(=O)CN1CCCCC1CN. The predicted octanol–water partition coefficient (Wildman–Crippen LogP) is 0.363. The summed E-state index contributed by atoms with van der Waals surface area (Å²) in [6, 6.07) is 0.369. The van der Waals surface area contributed by atoms with Crippen LogP contribution in [0, 0.1) is 0 Å². The summed E-state index contributed by atoms with van der Waals surface area (Å²) in [4.78, 5) is 13.4. The summed E-state index contributed by atoms with van der Waals surface area (Å²) in [7, 11) is 0. The summed E-state index contributed by atoms with van der Waals surface area (Å²) in [5.41, 5.74) is 5.65. The first-order valence-corrected chi connectivity index (χ1v) is 5.37. The molecule has 0 aromatic heterocycles. The Hall–Kier alpha value is -0.610. The number of hydrogen-bond donors (Lipinski definition) is 1. The van der Waals surface area contributed by atoms with E-state index in [0.29, 0.717) is 25.7 Å². The van der Waals surface area contributed by atoms with Crippen molar-refractivity contribution in [3.8, 4) is 0 Å². The maximum Gasteiger partial charge on any atom is 0.320 e. The van der Waals surface area contributed by atoms with Gasteiger partial charge < -0.3 is 10.5 Å². The number of nitrogens with two attached hydrogens (primary N) is 1. The molecule has 0 amide bonds. The van der Waals surface area contributed by atoms with Crippen LogP contribution in [0.25, 0.3) is 0 Å². The minimum atomic E-state index is -0.132. The van der Waals surface area contributed by atoms with E-state index in [4.69, 9.17) is 10.5 Å². The van der Waals surface area contributed by atoms with Gasteiger partial charge in [0.1, 0.15) is 0 Å². The van der Waals surface area contributed by atoms with E-state index in [9.17, 15) is 4.79 Å². The molecule has 0 aliphatic carbocycles. The summed E-state index contributed by atoms with van der Waals surface area (Å²) < 4.78 is 4.92. The number of piperidine rings is 1. The van der Waals surface area contributed by atoms with E-state index in [0.717, 1.165) is 19.4 Å². The quantitative estimate of drug-likeness (QED) is 0.666. The lowest BCUT2D eigenvalue weighted by Gasteiger charge is -2.33. The Labute approximate surface area is 85.4 Å². The molecule has 0 spiro atoms. The predicted molar refractivity (Wildman–Crippen MR) is 54.9 cm³/mol. The number of rotatable bonds is 4. The molecule has 0 radical (unpaired) electrons. The van der Waals surface area contributed by atoms with Gasteiger partial charge in [-0.25, -0.2) is 0 Å². The second kappa shape index (κ2) is 5.98. The highest BCUT2D eigenvalue weighted by molar-refractivity contribution is 5.71. The van der Waals surface area contributed by atoms with Gasteiger partial charge in [0, 0.05) is 12.6 Å². The van der Waals surface area contributed by atoms with Crippen molar-refractivity contribution in [3.63, 3.8) is 0 Å². The zero-order valence-corrected chi connectivity index (χ0v) is 8.87. The molecule has 2 N–H and O–H groups in total. The molecule has 4 nitrogen and oxygen atoms in total. The molecule has 0 saturated carbocycles. The number of esters is 1. The Morgan fingerprint density at radius 3 is 3.00 bits per heavy atom. The second-order valence-corrected chi connectivity index (χ2v) is 3.66. The number of ether oxygens (including phenoxy) is 1. The van der Waals surface area contributed by atoms with Gasteiger partial charge in [0.05, 0.1) is 13.2 Å². The second-order valence-electron chi connectivity index (χ2n) is 3.66. The monoisotopic (exact) mass is 200 g/mol. The lowest BCUT2D eigenvalue weighted by Crippen LogP contribution is -2.46. The van der Waals surface area contributed by atoms with Gasteiger partial charge in [-0.05, 0) is 26.3 Å². The third-order valence-electron chi connectivity index (χ3n) is 2.66. The zero-order chi connectivity index (χ0) is 10.4. The van der Waals surface area contributed by atoms with E-state index < -0.39 is 0 Å². The first-order valence-electron chi connectivity index (χ1n) is 5.37. The Bertz CT molecular complexity index is 185. The molecule has 0 bridgehead atoms. The molecule has 1 rings (SSSR count). The maximum atomic E-state index is 11.3. The maximum absolute atomic E-state index is 11.3. The molecule has 1 aliphatic rings. The molecule has 14 heavy (non-hydrogen) atoms. The van der Waals surface area contributed by atoms with Crippen LogP contribution in [-0.4, -0.2) is 43.2 Å².